The van der Waals surface area contributed by atoms with E-state index in [0.29, 0.717) is 33.4 Å². The summed E-state index contributed by atoms with van der Waals surface area (Å²) in [6, 6.07) is 40.4. The number of rotatable bonds is 13. The van der Waals surface area contributed by atoms with Gasteiger partial charge in [0, 0.05) is 32.2 Å². The van der Waals surface area contributed by atoms with Crippen molar-refractivity contribution in [3.63, 3.8) is 0 Å². The molecule has 0 saturated carbocycles. The summed E-state index contributed by atoms with van der Waals surface area (Å²) >= 11 is 2.82. The highest BCUT2D eigenvalue weighted by Crippen LogP contribution is 2.38. The van der Waals surface area contributed by atoms with Gasteiger partial charge in [-0.15, -0.1) is 23.1 Å². The maximum atomic E-state index is 13.8. The molecule has 9 nitrogen and oxygen atoms in total. The Labute approximate surface area is 316 Å². The highest BCUT2D eigenvalue weighted by Gasteiger charge is 2.24. The summed E-state index contributed by atoms with van der Waals surface area (Å²) in [6.45, 7) is 1.99. The molecule has 1 heterocycles. The van der Waals surface area contributed by atoms with Crippen molar-refractivity contribution in [1.82, 2.24) is 10.3 Å². The fourth-order valence-corrected chi connectivity index (χ4v) is 7.25. The van der Waals surface area contributed by atoms with Crippen molar-refractivity contribution in [2.75, 3.05) is 24.9 Å². The second-order valence-electron chi connectivity index (χ2n) is 11.7. The maximum Gasteiger partial charge on any atom is 0.272 e. The lowest BCUT2D eigenvalue weighted by Crippen LogP contribution is -2.30. The van der Waals surface area contributed by atoms with E-state index in [1.54, 1.807) is 67.8 Å². The lowest BCUT2D eigenvalue weighted by molar-refractivity contribution is -0.116. The number of ether oxygens (including phenoxy) is 2. The van der Waals surface area contributed by atoms with Gasteiger partial charge in [0.25, 0.3) is 11.8 Å². The van der Waals surface area contributed by atoms with Gasteiger partial charge in [0.2, 0.25) is 5.91 Å². The molecule has 0 radical (unpaired) electrons. The number of benzene rings is 5. The number of thioether (sulfide) groups is 1. The van der Waals surface area contributed by atoms with Crippen molar-refractivity contribution in [3.05, 3.63) is 161 Å². The van der Waals surface area contributed by atoms with Gasteiger partial charge in [0.05, 0.1) is 19.9 Å². The zero-order valence-electron chi connectivity index (χ0n) is 29.2. The van der Waals surface area contributed by atoms with Crippen LogP contribution in [0.3, 0.4) is 0 Å². The Bertz CT molecular complexity index is 2230. The Morgan fingerprint density at radius 1 is 0.774 bits per heavy atom. The number of carbonyl (C=O) groups excluding carboxylic acids is 3. The van der Waals surface area contributed by atoms with E-state index < -0.39 is 17.1 Å². The number of hydrogen-bond donors (Lipinski definition) is 3. The van der Waals surface area contributed by atoms with Gasteiger partial charge in [-0.3, -0.25) is 14.4 Å². The molecule has 3 N–H and O–H groups in total. The van der Waals surface area contributed by atoms with Crippen molar-refractivity contribution in [1.29, 1.82) is 0 Å². The molecule has 0 spiro atoms. The summed E-state index contributed by atoms with van der Waals surface area (Å²) in [6.07, 6.45) is 1.54. The molecule has 0 bridgehead atoms. The monoisotopic (exact) mass is 740 g/mol. The molecular formula is C42H36N4O5S2. The average molecular weight is 741 g/mol. The summed E-state index contributed by atoms with van der Waals surface area (Å²) in [4.78, 5) is 47.3. The normalized spacial score (nSPS) is 11.6. The number of nitrogens with zero attached hydrogens (tertiary/aromatic N) is 1. The summed E-state index contributed by atoms with van der Waals surface area (Å²) in [5, 5.41) is 8.62. The minimum Gasteiger partial charge on any atom is -0.497 e. The first-order valence-electron chi connectivity index (χ1n) is 16.6. The molecule has 1 atom stereocenters. The van der Waals surface area contributed by atoms with Crippen LogP contribution in [-0.2, 0) is 9.59 Å². The number of hydrogen-bond acceptors (Lipinski definition) is 8. The zero-order valence-corrected chi connectivity index (χ0v) is 30.8. The fraction of sp³-hybridized carbons (Fsp3) is 0.0952. The van der Waals surface area contributed by atoms with E-state index >= 15 is 0 Å². The van der Waals surface area contributed by atoms with E-state index in [4.69, 9.17) is 14.5 Å². The van der Waals surface area contributed by atoms with Crippen LogP contribution < -0.4 is 25.4 Å². The van der Waals surface area contributed by atoms with Crippen LogP contribution >= 0.6 is 23.1 Å². The number of aromatic nitrogens is 1. The molecule has 266 valence electrons. The highest BCUT2D eigenvalue weighted by atomic mass is 32.2. The van der Waals surface area contributed by atoms with Gasteiger partial charge in [-0.2, -0.15) is 0 Å². The number of methoxy groups -OCH3 is 2. The van der Waals surface area contributed by atoms with Crippen LogP contribution in [0, 0.1) is 6.92 Å². The van der Waals surface area contributed by atoms with Gasteiger partial charge in [0.1, 0.15) is 22.4 Å². The zero-order chi connectivity index (χ0) is 37.2. The first kappa shape index (κ1) is 36.6. The lowest BCUT2D eigenvalue weighted by atomic mass is 10.1. The van der Waals surface area contributed by atoms with Gasteiger partial charge < -0.3 is 25.4 Å². The third-order valence-electron chi connectivity index (χ3n) is 8.05. The van der Waals surface area contributed by atoms with Gasteiger partial charge in [-0.25, -0.2) is 4.98 Å². The predicted molar refractivity (Wildman–Crippen MR) is 212 cm³/mol. The van der Waals surface area contributed by atoms with Crippen LogP contribution in [0.1, 0.15) is 31.6 Å². The first-order valence-corrected chi connectivity index (χ1v) is 18.3. The third kappa shape index (κ3) is 9.39. The van der Waals surface area contributed by atoms with Gasteiger partial charge in [-0.1, -0.05) is 78.9 Å². The second kappa shape index (κ2) is 17.4. The molecule has 0 aliphatic carbocycles. The van der Waals surface area contributed by atoms with Gasteiger partial charge in [0.15, 0.2) is 5.13 Å². The fourth-order valence-electron chi connectivity index (χ4n) is 5.39. The van der Waals surface area contributed by atoms with E-state index in [-0.39, 0.29) is 11.6 Å². The van der Waals surface area contributed by atoms with E-state index in [1.165, 1.54) is 36.3 Å². The number of anilines is 2. The molecular weight excluding hydrogens is 705 g/mol. The molecule has 6 rings (SSSR count). The standard InChI is InChI=1S/C42H36N4O5S2/c1-27-37(28-13-7-4-8-14-28)45-42(52-27)46-41(49)38(29-15-9-5-10-16-29)53-34-22-19-32(20-23-34)43-40(48)35(44-39(47)30-17-11-6-12-18-30)26-31-25-33(50-2)21-24-36(31)51-3/h4-26,38H,1-3H3,(H,43,48)(H,44,47)(H,45,46,49)/b35-26-. The van der Waals surface area contributed by atoms with Gasteiger partial charge in [-0.05, 0) is 73.2 Å². The number of carbonyl (C=O) groups is 3. The van der Waals surface area contributed by atoms with Crippen molar-refractivity contribution in [2.24, 2.45) is 0 Å². The molecule has 0 aliphatic heterocycles. The van der Waals surface area contributed by atoms with Crippen molar-refractivity contribution in [3.8, 4) is 22.8 Å². The largest absolute Gasteiger partial charge is 0.497 e. The average Bonchev–Trinajstić information content (AvgIpc) is 3.57. The maximum absolute atomic E-state index is 13.8. The molecule has 1 unspecified atom stereocenters. The number of amides is 3. The third-order valence-corrected chi connectivity index (χ3v) is 10.2. The topological polar surface area (TPSA) is 119 Å². The molecule has 11 heteroatoms. The molecule has 53 heavy (non-hydrogen) atoms. The van der Waals surface area contributed by atoms with Crippen molar-refractivity contribution >= 4 is 57.7 Å². The van der Waals surface area contributed by atoms with E-state index in [1.807, 2.05) is 79.7 Å². The van der Waals surface area contributed by atoms with Crippen LogP contribution in [0.2, 0.25) is 0 Å². The summed E-state index contributed by atoms with van der Waals surface area (Å²) in [5.41, 5.74) is 4.08. The summed E-state index contributed by atoms with van der Waals surface area (Å²) in [7, 11) is 3.06. The smallest absolute Gasteiger partial charge is 0.272 e. The Morgan fingerprint density at radius 2 is 1.43 bits per heavy atom. The molecule has 0 fully saturated rings. The van der Waals surface area contributed by atoms with Crippen LogP contribution in [0.5, 0.6) is 11.5 Å². The summed E-state index contributed by atoms with van der Waals surface area (Å²) < 4.78 is 10.9. The first-order chi connectivity index (χ1) is 25.8. The van der Waals surface area contributed by atoms with Crippen LogP contribution in [-0.4, -0.2) is 36.9 Å². The molecule has 1 aromatic heterocycles. The minimum atomic E-state index is -0.582. The number of thiazole rings is 1. The molecule has 6 aromatic rings. The SMILES string of the molecule is COc1ccc(OC)c(/C=C(\NC(=O)c2ccccc2)C(=O)Nc2ccc(SC(C(=O)Nc3nc(-c4ccccc4)c(C)s3)c3ccccc3)cc2)c1. The predicted octanol–water partition coefficient (Wildman–Crippen LogP) is 9.02. The Morgan fingerprint density at radius 3 is 2.09 bits per heavy atom. The van der Waals surface area contributed by atoms with Crippen molar-refractivity contribution < 1.29 is 23.9 Å². The molecule has 3 amide bonds. The Kier molecular flexibility index (Phi) is 12.0. The molecule has 0 saturated heterocycles. The van der Waals surface area contributed by atoms with Crippen molar-refractivity contribution in [2.45, 2.75) is 17.1 Å². The van der Waals surface area contributed by atoms with Crippen LogP contribution in [0.15, 0.2) is 144 Å². The number of nitrogens with one attached hydrogen (secondary N) is 3. The Hall–Kier alpha value is -6.17. The van der Waals surface area contributed by atoms with E-state index in [9.17, 15) is 14.4 Å². The van der Waals surface area contributed by atoms with Crippen LogP contribution in [0.4, 0.5) is 10.8 Å². The van der Waals surface area contributed by atoms with Crippen LogP contribution in [0.25, 0.3) is 17.3 Å². The number of aryl methyl sites for hydroxylation is 1. The molecule has 5 aromatic carbocycles. The summed E-state index contributed by atoms with van der Waals surface area (Å²) in [5.74, 6) is -0.154. The molecule has 0 aliphatic rings. The quantitative estimate of drug-likeness (QED) is 0.0799. The van der Waals surface area contributed by atoms with E-state index in [2.05, 4.69) is 16.0 Å². The Balaban J connectivity index is 1.21. The second-order valence-corrected chi connectivity index (χ2v) is 14.0. The minimum absolute atomic E-state index is 0.00230. The lowest BCUT2D eigenvalue weighted by Gasteiger charge is -2.17. The van der Waals surface area contributed by atoms with Gasteiger partial charge >= 0.3 is 0 Å². The highest BCUT2D eigenvalue weighted by molar-refractivity contribution is 8.00. The van der Waals surface area contributed by atoms with E-state index in [0.717, 1.165) is 26.6 Å².